The third kappa shape index (κ3) is 5.14. The van der Waals surface area contributed by atoms with Crippen LogP contribution in [0.3, 0.4) is 0 Å². The second kappa shape index (κ2) is 9.30. The van der Waals surface area contributed by atoms with Gasteiger partial charge in [-0.3, -0.25) is 5.01 Å². The molecule has 0 bridgehead atoms. The highest BCUT2D eigenvalue weighted by Gasteiger charge is 2.31. The minimum absolute atomic E-state index is 0.0609. The number of rotatable bonds is 6. The van der Waals surface area contributed by atoms with Crippen LogP contribution in [0, 0.1) is 12.7 Å². The Hall–Kier alpha value is -2.65. The van der Waals surface area contributed by atoms with E-state index >= 15 is 0 Å². The fraction of sp³-hybridized carbons (Fsp3) is 0.174. The standard InChI is InChI=1S/C23H20Cl2FN3O3S/c1-14-2-6-17(26)11-23(14)33(31,32)27-13-18-12-22(15-3-7-19(30)8-4-15)29(28-18)21-9-5-16(24)10-20(21)25/h2-11,22,27,30H,12-13H2,1H3. The Bertz CT molecular complexity index is 1330. The van der Waals surface area contributed by atoms with Gasteiger partial charge in [0.25, 0.3) is 0 Å². The summed E-state index contributed by atoms with van der Waals surface area (Å²) in [5, 5.41) is 16.9. The molecule has 0 saturated carbocycles. The van der Waals surface area contributed by atoms with Gasteiger partial charge in [0.05, 0.1) is 33.9 Å². The highest BCUT2D eigenvalue weighted by Crippen LogP contribution is 2.39. The molecule has 0 amide bonds. The number of nitrogens with zero attached hydrogens (tertiary/aromatic N) is 2. The summed E-state index contributed by atoms with van der Waals surface area (Å²) in [7, 11) is -3.95. The molecular weight excluding hydrogens is 488 g/mol. The van der Waals surface area contributed by atoms with Crippen LogP contribution in [0.2, 0.25) is 10.0 Å². The zero-order valence-corrected chi connectivity index (χ0v) is 19.8. The lowest BCUT2D eigenvalue weighted by Gasteiger charge is -2.25. The zero-order valence-electron chi connectivity index (χ0n) is 17.5. The highest BCUT2D eigenvalue weighted by atomic mass is 35.5. The van der Waals surface area contributed by atoms with Gasteiger partial charge < -0.3 is 5.11 Å². The van der Waals surface area contributed by atoms with E-state index in [1.54, 1.807) is 54.4 Å². The van der Waals surface area contributed by atoms with Crippen LogP contribution in [0.1, 0.15) is 23.6 Å². The minimum atomic E-state index is -3.95. The van der Waals surface area contributed by atoms with E-state index in [2.05, 4.69) is 9.82 Å². The van der Waals surface area contributed by atoms with Gasteiger partial charge in [-0.2, -0.15) is 5.10 Å². The van der Waals surface area contributed by atoms with Crippen LogP contribution in [-0.4, -0.2) is 25.8 Å². The Morgan fingerprint density at radius 1 is 1.12 bits per heavy atom. The van der Waals surface area contributed by atoms with E-state index in [0.717, 1.165) is 11.6 Å². The minimum Gasteiger partial charge on any atom is -0.508 e. The summed E-state index contributed by atoms with van der Waals surface area (Å²) in [5.41, 5.74) is 2.48. The molecule has 4 rings (SSSR count). The average molecular weight is 508 g/mol. The molecule has 1 atom stereocenters. The first-order chi connectivity index (χ1) is 15.6. The molecule has 0 spiro atoms. The SMILES string of the molecule is Cc1ccc(F)cc1S(=O)(=O)NCC1=NN(c2ccc(Cl)cc2Cl)C(c2ccc(O)cc2)C1. The molecule has 3 aromatic rings. The van der Waals surface area contributed by atoms with E-state index in [-0.39, 0.29) is 23.2 Å². The monoisotopic (exact) mass is 507 g/mol. The quantitative estimate of drug-likeness (QED) is 0.465. The van der Waals surface area contributed by atoms with E-state index < -0.39 is 15.8 Å². The first kappa shape index (κ1) is 23.5. The van der Waals surface area contributed by atoms with Gasteiger partial charge in [-0.25, -0.2) is 17.5 Å². The summed E-state index contributed by atoms with van der Waals surface area (Å²) in [5.74, 6) is -0.498. The van der Waals surface area contributed by atoms with E-state index in [1.807, 2.05) is 0 Å². The number of benzene rings is 3. The Morgan fingerprint density at radius 3 is 2.55 bits per heavy atom. The summed E-state index contributed by atoms with van der Waals surface area (Å²) in [6.45, 7) is 1.54. The number of phenolic OH excluding ortho intramolecular Hbond substituents is 1. The highest BCUT2D eigenvalue weighted by molar-refractivity contribution is 7.89. The van der Waals surface area contributed by atoms with E-state index in [1.165, 1.54) is 12.1 Å². The second-order valence-electron chi connectivity index (χ2n) is 7.65. The summed E-state index contributed by atoms with van der Waals surface area (Å²) in [6, 6.07) is 15.1. The summed E-state index contributed by atoms with van der Waals surface area (Å²) in [6.07, 6.45) is 0.411. The van der Waals surface area contributed by atoms with E-state index in [0.29, 0.717) is 33.4 Å². The maximum Gasteiger partial charge on any atom is 0.241 e. The van der Waals surface area contributed by atoms with Crippen LogP contribution >= 0.6 is 23.2 Å². The Morgan fingerprint density at radius 2 is 1.85 bits per heavy atom. The van der Waals surface area contributed by atoms with Crippen LogP contribution < -0.4 is 9.73 Å². The molecule has 10 heteroatoms. The number of hydrazone groups is 1. The molecule has 1 aliphatic heterocycles. The fourth-order valence-corrected chi connectivity index (χ4v) is 5.41. The lowest BCUT2D eigenvalue weighted by molar-refractivity contribution is 0.475. The lowest BCUT2D eigenvalue weighted by Crippen LogP contribution is -2.29. The first-order valence-corrected chi connectivity index (χ1v) is 12.2. The fourth-order valence-electron chi connectivity index (χ4n) is 3.64. The number of nitrogens with one attached hydrogen (secondary N) is 1. The molecule has 0 aliphatic carbocycles. The van der Waals surface area contributed by atoms with Crippen molar-refractivity contribution in [1.29, 1.82) is 0 Å². The van der Waals surface area contributed by atoms with Gasteiger partial charge >= 0.3 is 0 Å². The van der Waals surface area contributed by atoms with Crippen LogP contribution in [0.5, 0.6) is 5.75 Å². The molecule has 172 valence electrons. The van der Waals surface area contributed by atoms with Gasteiger partial charge in [0.2, 0.25) is 10.0 Å². The first-order valence-electron chi connectivity index (χ1n) is 9.99. The normalized spacial score (nSPS) is 16.2. The van der Waals surface area contributed by atoms with Gasteiger partial charge in [0.1, 0.15) is 11.6 Å². The molecule has 2 N–H and O–H groups in total. The van der Waals surface area contributed by atoms with Crippen LogP contribution in [0.4, 0.5) is 10.1 Å². The number of hydrogen-bond acceptors (Lipinski definition) is 5. The largest absolute Gasteiger partial charge is 0.508 e. The summed E-state index contributed by atoms with van der Waals surface area (Å²) < 4.78 is 41.7. The molecule has 0 saturated heterocycles. The number of anilines is 1. The zero-order chi connectivity index (χ0) is 23.8. The maximum absolute atomic E-state index is 13.6. The molecule has 1 unspecified atom stereocenters. The molecule has 0 aromatic heterocycles. The molecule has 6 nitrogen and oxygen atoms in total. The van der Waals surface area contributed by atoms with Crippen molar-refractivity contribution in [2.45, 2.75) is 24.3 Å². The Labute approximate surface area is 201 Å². The molecular formula is C23H20Cl2FN3O3S. The molecule has 3 aromatic carbocycles. The smallest absolute Gasteiger partial charge is 0.241 e. The van der Waals surface area contributed by atoms with Crippen molar-refractivity contribution in [3.05, 3.63) is 87.7 Å². The third-order valence-corrected chi connectivity index (χ3v) is 7.39. The summed E-state index contributed by atoms with van der Waals surface area (Å²) in [4.78, 5) is -0.117. The van der Waals surface area contributed by atoms with Gasteiger partial charge in [-0.15, -0.1) is 0 Å². The maximum atomic E-state index is 13.6. The molecule has 33 heavy (non-hydrogen) atoms. The van der Waals surface area contributed by atoms with Gasteiger partial charge in [0.15, 0.2) is 0 Å². The lowest BCUT2D eigenvalue weighted by atomic mass is 10.0. The predicted octanol–water partition coefficient (Wildman–Crippen LogP) is 5.43. The predicted molar refractivity (Wildman–Crippen MR) is 128 cm³/mol. The van der Waals surface area contributed by atoms with Crippen molar-refractivity contribution in [3.8, 4) is 5.75 Å². The number of sulfonamides is 1. The van der Waals surface area contributed by atoms with Crippen LogP contribution in [0.15, 0.2) is 70.7 Å². The van der Waals surface area contributed by atoms with E-state index in [9.17, 15) is 17.9 Å². The Kier molecular flexibility index (Phi) is 6.63. The molecule has 0 fully saturated rings. The van der Waals surface area contributed by atoms with Gasteiger partial charge in [-0.1, -0.05) is 41.4 Å². The van der Waals surface area contributed by atoms with Crippen molar-refractivity contribution < 1.29 is 17.9 Å². The number of aryl methyl sites for hydroxylation is 1. The molecule has 1 aliphatic rings. The topological polar surface area (TPSA) is 82.0 Å². The average Bonchev–Trinajstić information content (AvgIpc) is 3.18. The summed E-state index contributed by atoms with van der Waals surface area (Å²) >= 11 is 12.4. The van der Waals surface area contributed by atoms with Crippen molar-refractivity contribution >= 4 is 44.6 Å². The van der Waals surface area contributed by atoms with Crippen molar-refractivity contribution in [2.24, 2.45) is 5.10 Å². The Balaban J connectivity index is 1.63. The van der Waals surface area contributed by atoms with Crippen LogP contribution in [-0.2, 0) is 10.0 Å². The van der Waals surface area contributed by atoms with Crippen LogP contribution in [0.25, 0.3) is 0 Å². The van der Waals surface area contributed by atoms with Crippen molar-refractivity contribution in [2.75, 3.05) is 11.6 Å². The van der Waals surface area contributed by atoms with Gasteiger partial charge in [-0.05, 0) is 60.5 Å². The number of hydrogen-bond donors (Lipinski definition) is 2. The third-order valence-electron chi connectivity index (χ3n) is 5.31. The second-order valence-corrected chi connectivity index (χ2v) is 10.2. The van der Waals surface area contributed by atoms with Crippen molar-refractivity contribution in [3.63, 3.8) is 0 Å². The van der Waals surface area contributed by atoms with E-state index in [4.69, 9.17) is 23.2 Å². The molecule has 0 radical (unpaired) electrons. The van der Waals surface area contributed by atoms with Gasteiger partial charge in [0, 0.05) is 11.4 Å². The number of phenols is 1. The number of halogens is 3. The molecule has 1 heterocycles. The number of aromatic hydroxyl groups is 1. The van der Waals surface area contributed by atoms with Crippen molar-refractivity contribution in [1.82, 2.24) is 4.72 Å².